The lowest BCUT2D eigenvalue weighted by Gasteiger charge is -2.31. The number of fused-ring (bicyclic) bond motifs is 1. The first-order valence-corrected chi connectivity index (χ1v) is 8.53. The molecule has 0 bridgehead atoms. The van der Waals surface area contributed by atoms with Crippen molar-refractivity contribution in [3.8, 4) is 0 Å². The summed E-state index contributed by atoms with van der Waals surface area (Å²) < 4.78 is 5.41. The Hall–Kier alpha value is -2.91. The summed E-state index contributed by atoms with van der Waals surface area (Å²) in [5.74, 6) is -1.63. The Bertz CT molecular complexity index is 891. The molecule has 2 aromatic rings. The number of carbonyl (C=O) groups excluding carboxylic acids is 1. The van der Waals surface area contributed by atoms with E-state index in [1.54, 1.807) is 0 Å². The molecule has 14 nitrogen and oxygen atoms in total. The number of imidazole rings is 1. The molecule has 3 rings (SSSR count). The number of carbonyl (C=O) groups is 2. The molecule has 0 spiro atoms. The van der Waals surface area contributed by atoms with Crippen molar-refractivity contribution < 1.29 is 39.9 Å². The summed E-state index contributed by atoms with van der Waals surface area (Å²) in [7, 11) is 0. The smallest absolute Gasteiger partial charge is 0.328 e. The molecule has 158 valence electrons. The van der Waals surface area contributed by atoms with Crippen LogP contribution in [-0.4, -0.2) is 101 Å². The number of aliphatic hydroxyl groups excluding tert-OH is 4. The zero-order valence-corrected chi connectivity index (χ0v) is 15.1. The molecule has 3 heterocycles. The zero-order chi connectivity index (χ0) is 21.3. The number of hydrogen-bond donors (Lipinski definition) is 7. The van der Waals surface area contributed by atoms with Crippen molar-refractivity contribution in [2.45, 2.75) is 43.6 Å². The van der Waals surface area contributed by atoms with Gasteiger partial charge >= 0.3 is 12.0 Å². The second kappa shape index (κ2) is 8.22. The van der Waals surface area contributed by atoms with Crippen LogP contribution < -0.4 is 10.2 Å². The van der Waals surface area contributed by atoms with Crippen molar-refractivity contribution in [3.63, 3.8) is 0 Å². The largest absolute Gasteiger partial charge is 0.480 e. The highest BCUT2D eigenvalue weighted by Gasteiger charge is 2.48. The molecule has 7 N–H and O–H groups in total. The van der Waals surface area contributed by atoms with E-state index in [1.807, 2.05) is 0 Å². The summed E-state index contributed by atoms with van der Waals surface area (Å²) in [6, 6.07) is -2.77. The minimum absolute atomic E-state index is 0.130. The summed E-state index contributed by atoms with van der Waals surface area (Å²) in [6.45, 7) is 0.534. The third-order valence-corrected chi connectivity index (χ3v) is 4.45. The average Bonchev–Trinajstić information content (AvgIpc) is 3.26. The van der Waals surface area contributed by atoms with Gasteiger partial charge in [0.1, 0.15) is 30.2 Å². The molecule has 1 aliphatic heterocycles. The van der Waals surface area contributed by atoms with E-state index in [0.717, 1.165) is 11.2 Å². The molecule has 14 heteroatoms. The summed E-state index contributed by atoms with van der Waals surface area (Å²) in [5.41, 5.74) is 0.342. The molecule has 1 saturated heterocycles. The van der Waals surface area contributed by atoms with E-state index in [4.69, 9.17) is 4.74 Å². The maximum Gasteiger partial charge on any atom is 0.328 e. The molecule has 29 heavy (non-hydrogen) atoms. The summed E-state index contributed by atoms with van der Waals surface area (Å²) in [6.07, 6.45) is -4.98. The van der Waals surface area contributed by atoms with Crippen molar-refractivity contribution >= 4 is 29.0 Å². The highest BCUT2D eigenvalue weighted by Crippen LogP contribution is 2.30. The standard InChI is InChI=1S/C15H20N6O8/c1-5(23)7(14(26)27)20-15(28)21(13-10(25)9(24)6(2-22)29-13)12-8-11(17-3-16-8)18-4-19-12/h3-7,9-10,13,22-25H,2H2,1H3,(H,20,28)(H,26,27)(H,16,17,18,19)/t5-,6-,7+,9-,10-,13-/m1/s1. The number of aliphatic carboxylic acids is 1. The lowest BCUT2D eigenvalue weighted by molar-refractivity contribution is -0.141. The van der Waals surface area contributed by atoms with E-state index in [-0.39, 0.29) is 17.0 Å². The number of nitrogens with zero attached hydrogens (tertiary/aromatic N) is 4. The Morgan fingerprint density at radius 2 is 2.03 bits per heavy atom. The fourth-order valence-electron chi connectivity index (χ4n) is 2.95. The Kier molecular flexibility index (Phi) is 5.90. The molecular weight excluding hydrogens is 392 g/mol. The Morgan fingerprint density at radius 1 is 1.31 bits per heavy atom. The van der Waals surface area contributed by atoms with Gasteiger partial charge in [-0.1, -0.05) is 0 Å². The lowest BCUT2D eigenvalue weighted by Crippen LogP contribution is -2.57. The van der Waals surface area contributed by atoms with E-state index >= 15 is 0 Å². The Labute approximate surface area is 162 Å². The van der Waals surface area contributed by atoms with Crippen molar-refractivity contribution in [2.75, 3.05) is 11.5 Å². The van der Waals surface area contributed by atoms with Gasteiger partial charge in [0.05, 0.1) is 19.0 Å². The number of aliphatic hydroxyl groups is 4. The number of carboxylic acid groups (broad SMARTS) is 1. The fourth-order valence-corrected chi connectivity index (χ4v) is 2.95. The SMILES string of the molecule is C[C@@H](O)[C@H](NC(=O)N(c1ncnc2nc[nH]c12)[C@@H]1O[C@H](CO)[C@@H](O)[C@H]1O)C(=O)O. The monoisotopic (exact) mass is 412 g/mol. The maximum atomic E-state index is 13.0. The van der Waals surface area contributed by atoms with Gasteiger partial charge in [0.25, 0.3) is 0 Å². The molecular formula is C15H20N6O8. The maximum absolute atomic E-state index is 13.0. The third-order valence-electron chi connectivity index (χ3n) is 4.45. The quantitative estimate of drug-likeness (QED) is 0.256. The number of nitrogens with one attached hydrogen (secondary N) is 2. The van der Waals surface area contributed by atoms with Crippen molar-refractivity contribution in [3.05, 3.63) is 12.7 Å². The normalized spacial score (nSPS) is 26.2. The van der Waals surface area contributed by atoms with Crippen LogP contribution in [0.2, 0.25) is 0 Å². The number of anilines is 1. The number of carboxylic acids is 1. The topological polar surface area (TPSA) is 214 Å². The number of hydrogen-bond acceptors (Lipinski definition) is 10. The van der Waals surface area contributed by atoms with Gasteiger partial charge < -0.3 is 40.6 Å². The number of aromatic nitrogens is 4. The van der Waals surface area contributed by atoms with Gasteiger partial charge in [-0.05, 0) is 6.92 Å². The first kappa shape index (κ1) is 20.8. The van der Waals surface area contributed by atoms with E-state index < -0.39 is 55.3 Å². The van der Waals surface area contributed by atoms with Gasteiger partial charge in [-0.25, -0.2) is 29.4 Å². The van der Waals surface area contributed by atoms with Crippen molar-refractivity contribution in [1.82, 2.24) is 25.3 Å². The minimum atomic E-state index is -1.68. The predicted octanol–water partition coefficient (Wildman–Crippen LogP) is -2.86. The van der Waals surface area contributed by atoms with Crippen molar-refractivity contribution in [2.24, 2.45) is 0 Å². The van der Waals surface area contributed by atoms with Crippen LogP contribution in [0.15, 0.2) is 12.7 Å². The van der Waals surface area contributed by atoms with Crippen LogP contribution in [0.3, 0.4) is 0 Å². The summed E-state index contributed by atoms with van der Waals surface area (Å²) >= 11 is 0. The molecule has 2 amide bonds. The number of amides is 2. The van der Waals surface area contributed by atoms with Gasteiger partial charge in [0, 0.05) is 0 Å². The van der Waals surface area contributed by atoms with Crippen LogP contribution in [0, 0.1) is 0 Å². The fraction of sp³-hybridized carbons (Fsp3) is 0.533. The molecule has 0 aliphatic carbocycles. The molecule has 0 radical (unpaired) electrons. The summed E-state index contributed by atoms with van der Waals surface area (Å²) in [4.78, 5) is 39.7. The van der Waals surface area contributed by atoms with Crippen LogP contribution in [0.1, 0.15) is 6.92 Å². The predicted molar refractivity (Wildman–Crippen MR) is 93.6 cm³/mol. The lowest BCUT2D eigenvalue weighted by atomic mass is 10.1. The number of rotatable bonds is 6. The molecule has 1 aliphatic rings. The Morgan fingerprint density at radius 3 is 2.62 bits per heavy atom. The van der Waals surface area contributed by atoms with E-state index in [9.17, 15) is 35.1 Å². The second-order valence-electron chi connectivity index (χ2n) is 6.40. The van der Waals surface area contributed by atoms with E-state index in [1.165, 1.54) is 13.3 Å². The second-order valence-corrected chi connectivity index (χ2v) is 6.40. The number of ether oxygens (including phenoxy) is 1. The minimum Gasteiger partial charge on any atom is -0.480 e. The average molecular weight is 412 g/mol. The van der Waals surface area contributed by atoms with Crippen LogP contribution in [-0.2, 0) is 9.53 Å². The number of aromatic amines is 1. The van der Waals surface area contributed by atoms with Gasteiger partial charge in [-0.2, -0.15) is 0 Å². The van der Waals surface area contributed by atoms with Crippen molar-refractivity contribution in [1.29, 1.82) is 0 Å². The van der Waals surface area contributed by atoms with Crippen LogP contribution in [0.4, 0.5) is 10.6 Å². The molecule has 0 unspecified atom stereocenters. The Balaban J connectivity index is 2.04. The van der Waals surface area contributed by atoms with Gasteiger partial charge in [0.15, 0.2) is 23.7 Å². The van der Waals surface area contributed by atoms with Crippen LogP contribution >= 0.6 is 0 Å². The van der Waals surface area contributed by atoms with Crippen LogP contribution in [0.25, 0.3) is 11.2 Å². The molecule has 0 aromatic carbocycles. The molecule has 1 fully saturated rings. The first-order valence-electron chi connectivity index (χ1n) is 8.53. The van der Waals surface area contributed by atoms with E-state index in [0.29, 0.717) is 0 Å². The van der Waals surface area contributed by atoms with Gasteiger partial charge in [-0.15, -0.1) is 0 Å². The molecule has 2 aromatic heterocycles. The highest BCUT2D eigenvalue weighted by atomic mass is 16.6. The number of urea groups is 1. The van der Waals surface area contributed by atoms with E-state index in [2.05, 4.69) is 25.3 Å². The van der Waals surface area contributed by atoms with Gasteiger partial charge in [0.2, 0.25) is 0 Å². The molecule has 6 atom stereocenters. The highest BCUT2D eigenvalue weighted by molar-refractivity contribution is 5.99. The van der Waals surface area contributed by atoms with Gasteiger partial charge in [-0.3, -0.25) is 0 Å². The zero-order valence-electron chi connectivity index (χ0n) is 15.1. The third kappa shape index (κ3) is 3.83. The van der Waals surface area contributed by atoms with Crippen LogP contribution in [0.5, 0.6) is 0 Å². The molecule has 0 saturated carbocycles. The summed E-state index contributed by atoms with van der Waals surface area (Å²) in [5, 5.41) is 50.8. The number of H-pyrrole nitrogens is 1. The first-order chi connectivity index (χ1) is 13.8.